The number of anilines is 1. The molecule has 3 aromatic heterocycles. The zero-order chi connectivity index (χ0) is 22.7. The summed E-state index contributed by atoms with van der Waals surface area (Å²) in [5.74, 6) is 1.03. The average Bonchev–Trinajstić information content (AvgIpc) is 3.41. The Morgan fingerprint density at radius 3 is 2.66 bits per heavy atom. The van der Waals surface area contributed by atoms with E-state index in [-0.39, 0.29) is 6.54 Å². The molecule has 0 saturated heterocycles. The van der Waals surface area contributed by atoms with Gasteiger partial charge in [0.15, 0.2) is 0 Å². The third kappa shape index (κ3) is 5.32. The summed E-state index contributed by atoms with van der Waals surface area (Å²) in [6.07, 6.45) is 5.23. The Hall–Kier alpha value is -1.98. The largest absolute Gasteiger partial charge is 0.397 e. The molecule has 0 amide bonds. The Balaban J connectivity index is 1.77. The summed E-state index contributed by atoms with van der Waals surface area (Å²) in [5, 5.41) is 3.78. The van der Waals surface area contributed by atoms with Crippen LogP contribution in [0.2, 0.25) is 0 Å². The van der Waals surface area contributed by atoms with E-state index in [1.807, 2.05) is 29.6 Å². The highest BCUT2D eigenvalue weighted by Crippen LogP contribution is 2.45. The number of nitrogen functional groups attached to an aromatic ring is 1. The van der Waals surface area contributed by atoms with Crippen molar-refractivity contribution >= 4 is 60.4 Å². The molecule has 0 aliphatic heterocycles. The number of hydrogen-bond acceptors (Lipinski definition) is 8. The number of unbranched alkanes of at least 4 members (excludes halogenated alkanes) is 1. The molecule has 3 heterocycles. The van der Waals surface area contributed by atoms with E-state index in [2.05, 4.69) is 22.7 Å². The first-order valence-electron chi connectivity index (χ1n) is 10.2. The van der Waals surface area contributed by atoms with Crippen LogP contribution in [0.5, 0.6) is 0 Å². The van der Waals surface area contributed by atoms with Crippen LogP contribution in [0.1, 0.15) is 25.3 Å². The second-order valence-electron chi connectivity index (χ2n) is 7.37. The molecule has 4 aromatic rings. The van der Waals surface area contributed by atoms with Crippen molar-refractivity contribution < 1.29 is 8.42 Å². The molecular formula is C22H24N4O2S4. The van der Waals surface area contributed by atoms with Crippen molar-refractivity contribution in [3.8, 4) is 21.8 Å². The zero-order valence-corrected chi connectivity index (χ0v) is 21.1. The maximum Gasteiger partial charge on any atom is 0.209 e. The molecule has 0 fully saturated rings. The van der Waals surface area contributed by atoms with Gasteiger partial charge in [0.1, 0.15) is 15.5 Å². The number of fused-ring (bicyclic) bond motifs is 1. The van der Waals surface area contributed by atoms with Crippen molar-refractivity contribution in [1.29, 1.82) is 0 Å². The number of thioether (sulfide) groups is 1. The maximum atomic E-state index is 11.4. The van der Waals surface area contributed by atoms with Crippen molar-refractivity contribution in [3.05, 3.63) is 47.5 Å². The number of benzene rings is 1. The molecule has 0 saturated carbocycles. The van der Waals surface area contributed by atoms with Crippen molar-refractivity contribution in [2.75, 3.05) is 17.7 Å². The van der Waals surface area contributed by atoms with E-state index < -0.39 is 10.0 Å². The SMILES string of the molecule is CCCCSc1sc2nc(-c3nccs3)cc(-c3ccc(CNS(C)(=O)=O)cc3)c2c1N. The average molecular weight is 505 g/mol. The fraction of sp³-hybridized carbons (Fsp3) is 0.273. The van der Waals surface area contributed by atoms with Gasteiger partial charge >= 0.3 is 0 Å². The lowest BCUT2D eigenvalue weighted by atomic mass is 10.0. The Bertz CT molecular complexity index is 1310. The number of sulfonamides is 1. The predicted molar refractivity (Wildman–Crippen MR) is 138 cm³/mol. The maximum absolute atomic E-state index is 11.4. The van der Waals surface area contributed by atoms with Gasteiger partial charge in [-0.05, 0) is 34.9 Å². The summed E-state index contributed by atoms with van der Waals surface area (Å²) >= 11 is 4.98. The third-order valence-corrected chi connectivity index (χ3v) is 8.79. The second kappa shape index (κ2) is 9.88. The van der Waals surface area contributed by atoms with Crippen LogP contribution in [0.4, 0.5) is 5.69 Å². The van der Waals surface area contributed by atoms with Crippen molar-refractivity contribution in [2.45, 2.75) is 30.5 Å². The van der Waals surface area contributed by atoms with Crippen molar-refractivity contribution in [3.63, 3.8) is 0 Å². The lowest BCUT2D eigenvalue weighted by molar-refractivity contribution is 0.587. The first kappa shape index (κ1) is 23.2. The number of thiazole rings is 1. The molecule has 3 N–H and O–H groups in total. The fourth-order valence-electron chi connectivity index (χ4n) is 3.22. The van der Waals surface area contributed by atoms with Gasteiger partial charge in [-0.25, -0.2) is 23.1 Å². The van der Waals surface area contributed by atoms with Crippen molar-refractivity contribution in [1.82, 2.24) is 14.7 Å². The Kier molecular flexibility index (Phi) is 7.16. The zero-order valence-electron chi connectivity index (χ0n) is 17.8. The molecule has 0 atom stereocenters. The fourth-order valence-corrected chi connectivity index (χ4v) is 6.70. The number of rotatable bonds is 9. The van der Waals surface area contributed by atoms with Crippen LogP contribution in [0.25, 0.3) is 32.0 Å². The van der Waals surface area contributed by atoms with Crippen LogP contribution >= 0.6 is 34.4 Å². The smallest absolute Gasteiger partial charge is 0.209 e. The molecule has 168 valence electrons. The standard InChI is InChI=1S/C22H24N4O2S4/c1-3-4-10-30-22-19(23)18-16(12-17(26-21(18)31-22)20-24-9-11-29-20)15-7-5-14(6-8-15)13-25-32(2,27)28/h5-9,11-12,25H,3-4,10,13,23H2,1-2H3. The number of aromatic nitrogens is 2. The van der Waals surface area contributed by atoms with Gasteiger partial charge in [-0.2, -0.15) is 0 Å². The van der Waals surface area contributed by atoms with Gasteiger partial charge in [0.2, 0.25) is 10.0 Å². The molecule has 6 nitrogen and oxygen atoms in total. The van der Waals surface area contributed by atoms with E-state index in [9.17, 15) is 8.42 Å². The summed E-state index contributed by atoms with van der Waals surface area (Å²) in [4.78, 5) is 10.2. The lowest BCUT2D eigenvalue weighted by Crippen LogP contribution is -2.21. The van der Waals surface area contributed by atoms with Crippen LogP contribution in [0.3, 0.4) is 0 Å². The van der Waals surface area contributed by atoms with Crippen LogP contribution in [0.15, 0.2) is 46.1 Å². The molecule has 32 heavy (non-hydrogen) atoms. The molecule has 0 radical (unpaired) electrons. The minimum atomic E-state index is -3.24. The van der Waals surface area contributed by atoms with Crippen LogP contribution < -0.4 is 10.5 Å². The number of nitrogens with two attached hydrogens (primary N) is 1. The minimum Gasteiger partial charge on any atom is -0.397 e. The normalized spacial score (nSPS) is 11.9. The van der Waals surface area contributed by atoms with E-state index in [4.69, 9.17) is 10.7 Å². The molecule has 4 rings (SSSR count). The third-order valence-electron chi connectivity index (χ3n) is 4.85. The van der Waals surface area contributed by atoms with Gasteiger partial charge in [0.25, 0.3) is 0 Å². The first-order chi connectivity index (χ1) is 15.4. The monoisotopic (exact) mass is 504 g/mol. The highest BCUT2D eigenvalue weighted by Gasteiger charge is 2.18. The van der Waals surface area contributed by atoms with E-state index in [0.29, 0.717) is 0 Å². The Morgan fingerprint density at radius 2 is 2.00 bits per heavy atom. The summed E-state index contributed by atoms with van der Waals surface area (Å²) in [5.41, 5.74) is 11.1. The predicted octanol–water partition coefficient (Wildman–Crippen LogP) is 5.61. The van der Waals surface area contributed by atoms with Gasteiger partial charge in [-0.3, -0.25) is 0 Å². The lowest BCUT2D eigenvalue weighted by Gasteiger charge is -2.09. The summed E-state index contributed by atoms with van der Waals surface area (Å²) in [6, 6.07) is 9.92. The van der Waals surface area contributed by atoms with Gasteiger partial charge < -0.3 is 5.73 Å². The molecule has 0 bridgehead atoms. The molecule has 1 aromatic carbocycles. The van der Waals surface area contributed by atoms with Gasteiger partial charge in [-0.15, -0.1) is 34.4 Å². The van der Waals surface area contributed by atoms with E-state index >= 15 is 0 Å². The van der Waals surface area contributed by atoms with Crippen LogP contribution in [-0.4, -0.2) is 30.4 Å². The molecule has 0 aliphatic rings. The second-order valence-corrected chi connectivity index (χ2v) is 12.5. The van der Waals surface area contributed by atoms with E-state index in [1.54, 1.807) is 40.6 Å². The number of nitrogens with zero attached hydrogens (tertiary/aromatic N) is 2. The summed E-state index contributed by atoms with van der Waals surface area (Å²) in [6.45, 7) is 2.44. The highest BCUT2D eigenvalue weighted by molar-refractivity contribution is 8.01. The Morgan fingerprint density at radius 1 is 1.22 bits per heavy atom. The number of hydrogen-bond donors (Lipinski definition) is 2. The summed E-state index contributed by atoms with van der Waals surface area (Å²) in [7, 11) is -3.24. The molecule has 0 unspecified atom stereocenters. The topological polar surface area (TPSA) is 98.0 Å². The molecule has 0 spiro atoms. The van der Waals surface area contributed by atoms with Crippen molar-refractivity contribution in [2.24, 2.45) is 0 Å². The number of nitrogens with one attached hydrogen (secondary N) is 1. The first-order valence-corrected chi connectivity index (χ1v) is 14.7. The minimum absolute atomic E-state index is 0.258. The molecular weight excluding hydrogens is 481 g/mol. The quantitative estimate of drug-likeness (QED) is 0.227. The Labute approximate surface area is 200 Å². The number of thiophene rings is 1. The molecule has 0 aliphatic carbocycles. The highest BCUT2D eigenvalue weighted by atomic mass is 32.2. The van der Waals surface area contributed by atoms with Gasteiger partial charge in [0.05, 0.1) is 16.2 Å². The van der Waals surface area contributed by atoms with Gasteiger partial charge in [0, 0.05) is 23.5 Å². The summed E-state index contributed by atoms with van der Waals surface area (Å²) < 4.78 is 26.4. The molecule has 10 heteroatoms. The van der Waals surface area contributed by atoms with E-state index in [1.165, 1.54) is 0 Å². The van der Waals surface area contributed by atoms with Crippen LogP contribution in [0, 0.1) is 0 Å². The van der Waals surface area contributed by atoms with Gasteiger partial charge in [-0.1, -0.05) is 37.6 Å². The van der Waals surface area contributed by atoms with Crippen LogP contribution in [-0.2, 0) is 16.6 Å². The van der Waals surface area contributed by atoms with E-state index in [0.717, 1.165) is 72.4 Å². The number of pyridine rings is 1.